The molecule has 0 radical (unpaired) electrons. The van der Waals surface area contributed by atoms with Crippen molar-refractivity contribution in [2.24, 2.45) is 21.7 Å². The van der Waals surface area contributed by atoms with Gasteiger partial charge in [-0.1, -0.05) is 83.1 Å². The van der Waals surface area contributed by atoms with Gasteiger partial charge in [-0.05, 0) is 21.7 Å². The van der Waals surface area contributed by atoms with E-state index in [9.17, 15) is 0 Å². The molecule has 4 atom stereocenters. The van der Waals surface area contributed by atoms with Crippen LogP contribution in [-0.2, 0) is 18.9 Å². The zero-order valence-corrected chi connectivity index (χ0v) is 20.1. The second kappa shape index (κ2) is 8.69. The highest BCUT2D eigenvalue weighted by atomic mass is 16.7. The van der Waals surface area contributed by atoms with Gasteiger partial charge in [-0.3, -0.25) is 0 Å². The highest BCUT2D eigenvalue weighted by Gasteiger charge is 2.44. The normalized spacial score (nSPS) is 30.7. The van der Waals surface area contributed by atoms with Crippen molar-refractivity contribution in [3.63, 3.8) is 0 Å². The number of hydrogen-bond acceptors (Lipinski definition) is 4. The van der Waals surface area contributed by atoms with Gasteiger partial charge in [-0.15, -0.1) is 0 Å². The Kier molecular flexibility index (Phi) is 8.00. The number of hydrogen-bond donors (Lipinski definition) is 0. The monoisotopic (exact) mass is 386 g/mol. The van der Waals surface area contributed by atoms with Crippen LogP contribution >= 0.6 is 0 Å². The molecule has 0 amide bonds. The zero-order valence-electron chi connectivity index (χ0n) is 20.1. The third-order valence-electron chi connectivity index (χ3n) is 5.14. The first kappa shape index (κ1) is 24.9. The summed E-state index contributed by atoms with van der Waals surface area (Å²) >= 11 is 0. The molecule has 27 heavy (non-hydrogen) atoms. The molecule has 2 heterocycles. The van der Waals surface area contributed by atoms with E-state index in [-0.39, 0.29) is 46.1 Å². The molecule has 4 unspecified atom stereocenters. The summed E-state index contributed by atoms with van der Waals surface area (Å²) in [7, 11) is 0. The van der Waals surface area contributed by atoms with Gasteiger partial charge in [0, 0.05) is 0 Å². The van der Waals surface area contributed by atoms with E-state index < -0.39 is 0 Å². The van der Waals surface area contributed by atoms with E-state index in [1.54, 1.807) is 0 Å². The molecule has 4 nitrogen and oxygen atoms in total. The highest BCUT2D eigenvalue weighted by Crippen LogP contribution is 2.39. The van der Waals surface area contributed by atoms with Crippen LogP contribution in [0.1, 0.15) is 83.1 Å². The average molecular weight is 387 g/mol. The molecule has 162 valence electrons. The summed E-state index contributed by atoms with van der Waals surface area (Å²) in [6, 6.07) is 0. The third-order valence-corrected chi connectivity index (χ3v) is 5.14. The Morgan fingerprint density at radius 2 is 0.630 bits per heavy atom. The first-order chi connectivity index (χ1) is 12.0. The van der Waals surface area contributed by atoms with Crippen LogP contribution in [0.3, 0.4) is 0 Å². The van der Waals surface area contributed by atoms with Gasteiger partial charge in [0.1, 0.15) is 6.79 Å². The molecule has 2 rings (SSSR count). The zero-order chi connectivity index (χ0) is 21.3. The Bertz CT molecular complexity index is 403. The summed E-state index contributed by atoms with van der Waals surface area (Å²) in [5.74, 6) is 0. The van der Waals surface area contributed by atoms with Crippen molar-refractivity contribution in [1.82, 2.24) is 0 Å². The summed E-state index contributed by atoms with van der Waals surface area (Å²) in [6.07, 6.45) is 0.840. The van der Waals surface area contributed by atoms with Crippen molar-refractivity contribution in [2.75, 3.05) is 20.0 Å². The van der Waals surface area contributed by atoms with Crippen LogP contribution in [0.15, 0.2) is 0 Å². The second-order valence-electron chi connectivity index (χ2n) is 12.3. The van der Waals surface area contributed by atoms with E-state index >= 15 is 0 Å². The predicted molar refractivity (Wildman–Crippen MR) is 112 cm³/mol. The third kappa shape index (κ3) is 7.30. The lowest BCUT2D eigenvalue weighted by molar-refractivity contribution is -0.204. The Morgan fingerprint density at radius 1 is 0.407 bits per heavy atom. The molecule has 4 heteroatoms. The first-order valence-corrected chi connectivity index (χ1v) is 10.4. The van der Waals surface area contributed by atoms with Crippen LogP contribution in [0.4, 0.5) is 0 Å². The molecule has 0 saturated carbocycles. The fourth-order valence-electron chi connectivity index (χ4n) is 3.70. The van der Waals surface area contributed by atoms with E-state index in [4.69, 9.17) is 18.9 Å². The van der Waals surface area contributed by atoms with Gasteiger partial charge in [-0.2, -0.15) is 0 Å². The Balaban J connectivity index is 0.000000271. The maximum Gasteiger partial charge on any atom is 0.147 e. The number of ether oxygens (including phenoxy) is 4. The topological polar surface area (TPSA) is 36.9 Å². The van der Waals surface area contributed by atoms with Crippen LogP contribution < -0.4 is 0 Å². The maximum atomic E-state index is 5.86. The van der Waals surface area contributed by atoms with Crippen molar-refractivity contribution < 1.29 is 18.9 Å². The van der Waals surface area contributed by atoms with E-state index in [2.05, 4.69) is 83.1 Å². The van der Waals surface area contributed by atoms with E-state index in [1.165, 1.54) is 0 Å². The molecule has 2 saturated heterocycles. The standard InChI is InChI=1S/C12H24O2.C11H22O2/c1-11(2,3)9-10(12(4,5)6)14-8-7-13-9;1-10(2,3)8-9(11(4,5)6)13-7-12-8/h9-10H,7-8H2,1-6H3;8-9H,7H2,1-6H3. The van der Waals surface area contributed by atoms with Crippen LogP contribution in [0.25, 0.3) is 0 Å². The molecule has 0 bridgehead atoms. The van der Waals surface area contributed by atoms with Crippen molar-refractivity contribution in [3.8, 4) is 0 Å². The molecule has 0 aromatic heterocycles. The minimum atomic E-state index is 0.151. The molecule has 2 aliphatic rings. The van der Waals surface area contributed by atoms with Crippen molar-refractivity contribution in [2.45, 2.75) is 108 Å². The first-order valence-electron chi connectivity index (χ1n) is 10.4. The SMILES string of the molecule is CC(C)(C)C1OCCOC1C(C)(C)C.CC(C)(C)C1OCOC1C(C)(C)C. The minimum absolute atomic E-state index is 0.151. The minimum Gasteiger partial charge on any atom is -0.373 e. The Hall–Kier alpha value is -0.160. The van der Waals surface area contributed by atoms with Gasteiger partial charge in [0.25, 0.3) is 0 Å². The van der Waals surface area contributed by atoms with Gasteiger partial charge < -0.3 is 18.9 Å². The second-order valence-corrected chi connectivity index (χ2v) is 12.3. The molecule has 2 aliphatic heterocycles. The lowest BCUT2D eigenvalue weighted by Gasteiger charge is -2.45. The quantitative estimate of drug-likeness (QED) is 0.536. The number of rotatable bonds is 0. The largest absolute Gasteiger partial charge is 0.373 e. The van der Waals surface area contributed by atoms with E-state index in [1.807, 2.05) is 0 Å². The molecular weight excluding hydrogens is 340 g/mol. The van der Waals surface area contributed by atoms with Crippen LogP contribution in [0.2, 0.25) is 0 Å². The fourth-order valence-corrected chi connectivity index (χ4v) is 3.70. The molecule has 0 aliphatic carbocycles. The average Bonchev–Trinajstić information content (AvgIpc) is 2.96. The van der Waals surface area contributed by atoms with E-state index in [0.717, 1.165) is 13.2 Å². The summed E-state index contributed by atoms with van der Waals surface area (Å²) in [5.41, 5.74) is 0.625. The van der Waals surface area contributed by atoms with E-state index in [0.29, 0.717) is 6.79 Å². The predicted octanol–water partition coefficient (Wildman–Crippen LogP) is 5.68. The summed E-state index contributed by atoms with van der Waals surface area (Å²) < 4.78 is 23.0. The van der Waals surface area contributed by atoms with Crippen molar-refractivity contribution in [3.05, 3.63) is 0 Å². The molecular formula is C23H46O4. The van der Waals surface area contributed by atoms with Crippen molar-refractivity contribution in [1.29, 1.82) is 0 Å². The van der Waals surface area contributed by atoms with Gasteiger partial charge in [0.05, 0.1) is 37.6 Å². The summed E-state index contributed by atoms with van der Waals surface area (Å²) in [4.78, 5) is 0. The molecule has 0 spiro atoms. The molecule has 0 aromatic rings. The fraction of sp³-hybridized carbons (Fsp3) is 1.00. The lowest BCUT2D eigenvalue weighted by Crippen LogP contribution is -2.52. The van der Waals surface area contributed by atoms with Gasteiger partial charge >= 0.3 is 0 Å². The lowest BCUT2D eigenvalue weighted by atomic mass is 9.75. The van der Waals surface area contributed by atoms with Gasteiger partial charge in [-0.25, -0.2) is 0 Å². The highest BCUT2D eigenvalue weighted by molar-refractivity contribution is 4.92. The summed E-state index contributed by atoms with van der Waals surface area (Å²) in [5, 5.41) is 0. The Morgan fingerprint density at radius 3 is 0.852 bits per heavy atom. The van der Waals surface area contributed by atoms with Crippen LogP contribution in [-0.4, -0.2) is 44.4 Å². The summed E-state index contributed by atoms with van der Waals surface area (Å²) in [6.45, 7) is 28.4. The smallest absolute Gasteiger partial charge is 0.147 e. The molecule has 2 fully saturated rings. The molecule has 0 aromatic carbocycles. The van der Waals surface area contributed by atoms with Crippen LogP contribution in [0.5, 0.6) is 0 Å². The molecule has 0 N–H and O–H groups in total. The Labute approximate surface area is 168 Å². The maximum absolute atomic E-state index is 5.86. The van der Waals surface area contributed by atoms with Gasteiger partial charge in [0.2, 0.25) is 0 Å². The van der Waals surface area contributed by atoms with Crippen molar-refractivity contribution >= 4 is 0 Å². The van der Waals surface area contributed by atoms with Crippen LogP contribution in [0, 0.1) is 21.7 Å². The van der Waals surface area contributed by atoms with Gasteiger partial charge in [0.15, 0.2) is 0 Å².